The highest BCUT2D eigenvalue weighted by atomic mass is 16.2. The molecular formula is C30H28N2O. The molecule has 33 heavy (non-hydrogen) atoms. The Morgan fingerprint density at radius 3 is 2.45 bits per heavy atom. The lowest BCUT2D eigenvalue weighted by Gasteiger charge is -2.27. The van der Waals surface area contributed by atoms with Gasteiger partial charge in [-0.2, -0.15) is 0 Å². The molecule has 1 unspecified atom stereocenters. The van der Waals surface area contributed by atoms with Crippen LogP contribution in [-0.4, -0.2) is 21.9 Å². The predicted molar refractivity (Wildman–Crippen MR) is 135 cm³/mol. The SMILES string of the molecule is CC#CCn1c(C2CCCN2C(=O)c2ccc(C)cc2)c(-c2ccccc2)c2ccccc21. The van der Waals surface area contributed by atoms with E-state index in [9.17, 15) is 4.79 Å². The molecule has 0 saturated carbocycles. The molecule has 1 aliphatic rings. The van der Waals surface area contributed by atoms with Crippen LogP contribution in [0.2, 0.25) is 0 Å². The lowest BCUT2D eigenvalue weighted by Crippen LogP contribution is -2.32. The van der Waals surface area contributed by atoms with Gasteiger partial charge >= 0.3 is 0 Å². The smallest absolute Gasteiger partial charge is 0.254 e. The number of hydrogen-bond donors (Lipinski definition) is 0. The summed E-state index contributed by atoms with van der Waals surface area (Å²) in [6.07, 6.45) is 1.95. The van der Waals surface area contributed by atoms with Crippen LogP contribution in [0, 0.1) is 18.8 Å². The number of carbonyl (C=O) groups excluding carboxylic acids is 1. The van der Waals surface area contributed by atoms with Crippen LogP contribution < -0.4 is 0 Å². The number of rotatable bonds is 4. The number of para-hydroxylation sites is 1. The number of carbonyl (C=O) groups is 1. The quantitative estimate of drug-likeness (QED) is 0.333. The van der Waals surface area contributed by atoms with Gasteiger partial charge in [-0.05, 0) is 50.5 Å². The van der Waals surface area contributed by atoms with E-state index in [1.807, 2.05) is 44.2 Å². The summed E-state index contributed by atoms with van der Waals surface area (Å²) in [6.45, 7) is 5.31. The van der Waals surface area contributed by atoms with Crippen molar-refractivity contribution in [3.8, 4) is 23.0 Å². The predicted octanol–water partition coefficient (Wildman–Crippen LogP) is 6.62. The maximum atomic E-state index is 13.6. The maximum absolute atomic E-state index is 13.6. The van der Waals surface area contributed by atoms with Crippen LogP contribution in [0.3, 0.4) is 0 Å². The van der Waals surface area contributed by atoms with Gasteiger partial charge in [0.2, 0.25) is 0 Å². The highest BCUT2D eigenvalue weighted by Gasteiger charge is 2.35. The van der Waals surface area contributed by atoms with Gasteiger partial charge in [-0.15, -0.1) is 5.92 Å². The van der Waals surface area contributed by atoms with Crippen LogP contribution in [-0.2, 0) is 6.54 Å². The minimum absolute atomic E-state index is 0.0139. The Balaban J connectivity index is 1.71. The van der Waals surface area contributed by atoms with E-state index in [0.717, 1.165) is 30.5 Å². The lowest BCUT2D eigenvalue weighted by molar-refractivity contribution is 0.0731. The second-order valence-electron chi connectivity index (χ2n) is 8.68. The van der Waals surface area contributed by atoms with Crippen LogP contribution in [0.4, 0.5) is 0 Å². The molecule has 2 heterocycles. The van der Waals surface area contributed by atoms with E-state index in [0.29, 0.717) is 6.54 Å². The van der Waals surface area contributed by atoms with Crippen LogP contribution in [0.25, 0.3) is 22.0 Å². The van der Waals surface area contributed by atoms with E-state index in [1.165, 1.54) is 27.7 Å². The zero-order chi connectivity index (χ0) is 22.8. The average molecular weight is 433 g/mol. The topological polar surface area (TPSA) is 25.2 Å². The molecule has 0 aliphatic carbocycles. The summed E-state index contributed by atoms with van der Waals surface area (Å²) >= 11 is 0. The molecule has 1 saturated heterocycles. The van der Waals surface area contributed by atoms with E-state index in [2.05, 4.69) is 69.8 Å². The van der Waals surface area contributed by atoms with Crippen molar-refractivity contribution in [1.82, 2.24) is 9.47 Å². The van der Waals surface area contributed by atoms with E-state index in [1.54, 1.807) is 0 Å². The van der Waals surface area contributed by atoms with E-state index < -0.39 is 0 Å². The van der Waals surface area contributed by atoms with Gasteiger partial charge in [0.15, 0.2) is 0 Å². The van der Waals surface area contributed by atoms with Gasteiger partial charge in [0.05, 0.1) is 18.3 Å². The van der Waals surface area contributed by atoms with Crippen molar-refractivity contribution >= 4 is 16.8 Å². The lowest BCUT2D eigenvalue weighted by atomic mass is 9.97. The summed E-state index contributed by atoms with van der Waals surface area (Å²) in [6, 6.07) is 27.0. The van der Waals surface area contributed by atoms with Gasteiger partial charge < -0.3 is 9.47 Å². The first-order valence-corrected chi connectivity index (χ1v) is 11.6. The van der Waals surface area contributed by atoms with Crippen molar-refractivity contribution in [3.05, 3.63) is 95.7 Å². The molecule has 1 fully saturated rings. The van der Waals surface area contributed by atoms with Crippen LogP contribution in [0.5, 0.6) is 0 Å². The number of nitrogens with zero attached hydrogens (tertiary/aromatic N) is 2. The zero-order valence-electron chi connectivity index (χ0n) is 19.2. The molecule has 0 bridgehead atoms. The van der Waals surface area contributed by atoms with Crippen LogP contribution in [0.1, 0.15) is 47.4 Å². The van der Waals surface area contributed by atoms with Crippen molar-refractivity contribution in [2.75, 3.05) is 6.54 Å². The summed E-state index contributed by atoms with van der Waals surface area (Å²) in [5, 5.41) is 1.21. The Hall–Kier alpha value is -3.77. The molecule has 0 N–H and O–H groups in total. The molecule has 4 aromatic rings. The second kappa shape index (κ2) is 9.00. The van der Waals surface area contributed by atoms with Gasteiger partial charge in [-0.3, -0.25) is 4.79 Å². The van der Waals surface area contributed by atoms with Crippen molar-refractivity contribution in [3.63, 3.8) is 0 Å². The third-order valence-electron chi connectivity index (χ3n) is 6.62. The zero-order valence-corrected chi connectivity index (χ0v) is 19.2. The van der Waals surface area contributed by atoms with Gasteiger partial charge in [-0.25, -0.2) is 0 Å². The number of amides is 1. The number of aromatic nitrogens is 1. The maximum Gasteiger partial charge on any atom is 0.254 e. The average Bonchev–Trinajstić information content (AvgIpc) is 3.46. The fourth-order valence-corrected chi connectivity index (χ4v) is 5.06. The van der Waals surface area contributed by atoms with E-state index >= 15 is 0 Å². The molecule has 5 rings (SSSR count). The Bertz CT molecular complexity index is 1350. The van der Waals surface area contributed by atoms with Crippen molar-refractivity contribution in [2.45, 2.75) is 39.3 Å². The van der Waals surface area contributed by atoms with Gasteiger partial charge in [0.1, 0.15) is 0 Å². The molecule has 164 valence electrons. The van der Waals surface area contributed by atoms with Crippen LogP contribution >= 0.6 is 0 Å². The second-order valence-corrected chi connectivity index (χ2v) is 8.68. The molecule has 1 aliphatic heterocycles. The summed E-state index contributed by atoms with van der Waals surface area (Å²) in [5.41, 5.74) is 6.69. The van der Waals surface area contributed by atoms with Crippen LogP contribution in [0.15, 0.2) is 78.9 Å². The van der Waals surface area contributed by atoms with Gasteiger partial charge in [-0.1, -0.05) is 72.1 Å². The Morgan fingerprint density at radius 2 is 1.70 bits per heavy atom. The molecule has 1 amide bonds. The number of fused-ring (bicyclic) bond motifs is 1. The fraction of sp³-hybridized carbons (Fsp3) is 0.233. The summed E-state index contributed by atoms with van der Waals surface area (Å²) < 4.78 is 2.33. The number of likely N-dealkylation sites (tertiary alicyclic amines) is 1. The Kier molecular flexibility index (Phi) is 5.75. The molecule has 1 aromatic heterocycles. The van der Waals surface area contributed by atoms with Gasteiger partial charge in [0, 0.05) is 28.6 Å². The highest BCUT2D eigenvalue weighted by molar-refractivity contribution is 5.99. The molecular weight excluding hydrogens is 404 g/mol. The Labute approximate surface area is 195 Å². The molecule has 3 aromatic carbocycles. The third-order valence-corrected chi connectivity index (χ3v) is 6.62. The minimum Gasteiger partial charge on any atom is -0.330 e. The third kappa shape index (κ3) is 3.83. The number of hydrogen-bond acceptors (Lipinski definition) is 1. The Morgan fingerprint density at radius 1 is 0.970 bits per heavy atom. The molecule has 0 spiro atoms. The van der Waals surface area contributed by atoms with Gasteiger partial charge in [0.25, 0.3) is 5.91 Å². The normalized spacial score (nSPS) is 15.5. The molecule has 3 nitrogen and oxygen atoms in total. The molecule has 0 radical (unpaired) electrons. The standard InChI is InChI=1S/C30H28N2O/c1-3-4-20-31-26-14-9-8-13-25(26)28(23-11-6-5-7-12-23)29(31)27-15-10-21-32(27)30(33)24-18-16-22(2)17-19-24/h5-9,11-14,16-19,27H,10,15,20-21H2,1-2H3. The summed E-state index contributed by atoms with van der Waals surface area (Å²) in [4.78, 5) is 15.7. The van der Waals surface area contributed by atoms with E-state index in [-0.39, 0.29) is 11.9 Å². The number of aryl methyl sites for hydroxylation is 1. The van der Waals surface area contributed by atoms with Crippen molar-refractivity contribution in [2.24, 2.45) is 0 Å². The molecule has 3 heteroatoms. The minimum atomic E-state index is 0.0139. The highest BCUT2D eigenvalue weighted by Crippen LogP contribution is 2.44. The first kappa shape index (κ1) is 21.1. The summed E-state index contributed by atoms with van der Waals surface area (Å²) in [7, 11) is 0. The van der Waals surface area contributed by atoms with E-state index in [4.69, 9.17) is 0 Å². The number of benzene rings is 3. The fourth-order valence-electron chi connectivity index (χ4n) is 5.06. The molecule has 1 atom stereocenters. The first-order valence-electron chi connectivity index (χ1n) is 11.6. The first-order chi connectivity index (χ1) is 16.2. The van der Waals surface area contributed by atoms with Crippen molar-refractivity contribution in [1.29, 1.82) is 0 Å². The monoisotopic (exact) mass is 432 g/mol. The summed E-state index contributed by atoms with van der Waals surface area (Å²) in [5.74, 6) is 6.44. The largest absolute Gasteiger partial charge is 0.330 e. The van der Waals surface area contributed by atoms with Crippen molar-refractivity contribution < 1.29 is 4.79 Å².